The normalized spacial score (nSPS) is 14.8. The molecule has 0 radical (unpaired) electrons. The molecule has 2 amide bonds. The van der Waals surface area contributed by atoms with E-state index in [1.165, 1.54) is 4.90 Å². The van der Waals surface area contributed by atoms with Gasteiger partial charge in [-0.2, -0.15) is 0 Å². The topological polar surface area (TPSA) is 63.7 Å². The molecule has 0 saturated carbocycles. The predicted octanol–water partition coefficient (Wildman–Crippen LogP) is 6.21. The fraction of sp³-hybridized carbons (Fsp3) is 0.0800. The van der Waals surface area contributed by atoms with Crippen molar-refractivity contribution in [2.45, 2.75) is 13.5 Å². The minimum absolute atomic E-state index is 0.212. The molecule has 4 rings (SSSR count). The first kappa shape index (κ1) is 22.0. The van der Waals surface area contributed by atoms with Gasteiger partial charge in [0, 0.05) is 4.47 Å². The highest BCUT2D eigenvalue weighted by atomic mass is 79.9. The molecule has 0 aliphatic carbocycles. The van der Waals surface area contributed by atoms with Crippen molar-refractivity contribution >= 4 is 50.9 Å². The van der Waals surface area contributed by atoms with E-state index in [4.69, 9.17) is 4.74 Å². The van der Waals surface area contributed by atoms with Crippen LogP contribution in [0.25, 0.3) is 6.08 Å². The quantitative estimate of drug-likeness (QED) is 0.233. The maximum atomic E-state index is 12.8. The van der Waals surface area contributed by atoms with Crippen molar-refractivity contribution in [1.29, 1.82) is 0 Å². The van der Waals surface area contributed by atoms with Crippen LogP contribution in [0.15, 0.2) is 82.2 Å². The maximum absolute atomic E-state index is 12.8. The van der Waals surface area contributed by atoms with E-state index in [9.17, 15) is 14.4 Å². The fourth-order valence-electron chi connectivity index (χ4n) is 3.08. The molecule has 0 atom stereocenters. The number of aryl methyl sites for hydroxylation is 1. The van der Waals surface area contributed by atoms with Crippen molar-refractivity contribution in [3.8, 4) is 5.75 Å². The smallest absolute Gasteiger partial charge is 0.343 e. The van der Waals surface area contributed by atoms with Crippen LogP contribution in [0.5, 0.6) is 5.75 Å². The van der Waals surface area contributed by atoms with Crippen molar-refractivity contribution in [2.75, 3.05) is 0 Å². The molecule has 1 heterocycles. The number of thioether (sulfide) groups is 1. The summed E-state index contributed by atoms with van der Waals surface area (Å²) in [7, 11) is 0. The predicted molar refractivity (Wildman–Crippen MR) is 128 cm³/mol. The number of carbonyl (C=O) groups excluding carboxylic acids is 3. The number of ether oxygens (including phenoxy) is 1. The molecule has 1 aliphatic heterocycles. The first-order valence-electron chi connectivity index (χ1n) is 9.78. The van der Waals surface area contributed by atoms with Crippen LogP contribution in [0.1, 0.15) is 27.0 Å². The third kappa shape index (κ3) is 5.18. The van der Waals surface area contributed by atoms with Gasteiger partial charge in [-0.05, 0) is 72.3 Å². The molecule has 5 nitrogen and oxygen atoms in total. The van der Waals surface area contributed by atoms with Gasteiger partial charge in [-0.3, -0.25) is 14.5 Å². The Morgan fingerprint density at radius 2 is 1.75 bits per heavy atom. The zero-order chi connectivity index (χ0) is 22.7. The summed E-state index contributed by atoms with van der Waals surface area (Å²) < 4.78 is 6.39. The van der Waals surface area contributed by atoms with Gasteiger partial charge in [0.05, 0.1) is 17.0 Å². The molecule has 3 aromatic rings. The molecule has 0 unspecified atom stereocenters. The number of imide groups is 1. The molecular formula is C25H18BrNO4S. The lowest BCUT2D eigenvalue weighted by Gasteiger charge is -2.12. The standard InChI is InChI=1S/C25H18BrNO4S/c1-16-5-9-19(10-6-16)24(29)31-21-4-2-3-18(13-21)14-22-23(28)27(25(30)32-22)15-17-7-11-20(26)12-8-17/h2-14H,15H2,1H3/b22-14-. The van der Waals surface area contributed by atoms with Gasteiger partial charge in [0.15, 0.2) is 0 Å². The molecule has 1 saturated heterocycles. The first-order valence-corrected chi connectivity index (χ1v) is 11.4. The summed E-state index contributed by atoms with van der Waals surface area (Å²) in [4.78, 5) is 39.1. The highest BCUT2D eigenvalue weighted by Gasteiger charge is 2.35. The Hall–Kier alpha value is -3.16. The largest absolute Gasteiger partial charge is 0.423 e. The van der Waals surface area contributed by atoms with Gasteiger partial charge in [-0.25, -0.2) is 4.79 Å². The zero-order valence-electron chi connectivity index (χ0n) is 17.1. The average molecular weight is 508 g/mol. The van der Waals surface area contributed by atoms with Crippen LogP contribution < -0.4 is 4.74 Å². The molecule has 0 N–H and O–H groups in total. The summed E-state index contributed by atoms with van der Waals surface area (Å²) >= 11 is 4.27. The van der Waals surface area contributed by atoms with Gasteiger partial charge in [0.1, 0.15) is 5.75 Å². The van der Waals surface area contributed by atoms with Crippen LogP contribution in [0.2, 0.25) is 0 Å². The Kier molecular flexibility index (Phi) is 6.58. The van der Waals surface area contributed by atoms with Crippen molar-refractivity contribution in [3.63, 3.8) is 0 Å². The third-order valence-corrected chi connectivity index (χ3v) is 6.22. The van der Waals surface area contributed by atoms with E-state index in [1.54, 1.807) is 42.5 Å². The molecule has 32 heavy (non-hydrogen) atoms. The summed E-state index contributed by atoms with van der Waals surface area (Å²) in [5, 5.41) is -0.314. The second kappa shape index (κ2) is 9.54. The Bertz CT molecular complexity index is 1220. The van der Waals surface area contributed by atoms with Gasteiger partial charge >= 0.3 is 5.97 Å². The van der Waals surface area contributed by atoms with Crippen molar-refractivity contribution in [3.05, 3.63) is 104 Å². The second-order valence-electron chi connectivity index (χ2n) is 7.22. The van der Waals surface area contributed by atoms with Gasteiger partial charge in [0.2, 0.25) is 0 Å². The number of nitrogens with zero attached hydrogens (tertiary/aromatic N) is 1. The number of carbonyl (C=O) groups is 3. The lowest BCUT2D eigenvalue weighted by atomic mass is 10.1. The van der Waals surface area contributed by atoms with Crippen LogP contribution >= 0.6 is 27.7 Å². The van der Waals surface area contributed by atoms with Crippen LogP contribution in [0.4, 0.5) is 4.79 Å². The number of hydrogen-bond donors (Lipinski definition) is 0. The van der Waals surface area contributed by atoms with Crippen LogP contribution in [0, 0.1) is 6.92 Å². The van der Waals surface area contributed by atoms with Gasteiger partial charge in [0.25, 0.3) is 11.1 Å². The Labute approximate surface area is 198 Å². The lowest BCUT2D eigenvalue weighted by molar-refractivity contribution is -0.123. The summed E-state index contributed by atoms with van der Waals surface area (Å²) in [5.41, 5.74) is 3.03. The summed E-state index contributed by atoms with van der Waals surface area (Å²) in [6.45, 7) is 2.16. The molecule has 0 bridgehead atoms. The highest BCUT2D eigenvalue weighted by molar-refractivity contribution is 9.10. The number of hydrogen-bond acceptors (Lipinski definition) is 5. The summed E-state index contributed by atoms with van der Waals surface area (Å²) in [6, 6.07) is 21.4. The second-order valence-corrected chi connectivity index (χ2v) is 9.13. The van der Waals surface area contributed by atoms with E-state index >= 15 is 0 Å². The van der Waals surface area contributed by atoms with Crippen LogP contribution in [-0.2, 0) is 11.3 Å². The molecule has 1 fully saturated rings. The minimum Gasteiger partial charge on any atom is -0.423 e. The fourth-order valence-corrected chi connectivity index (χ4v) is 4.19. The Morgan fingerprint density at radius 3 is 2.47 bits per heavy atom. The Morgan fingerprint density at radius 1 is 1.03 bits per heavy atom. The third-order valence-electron chi connectivity index (χ3n) is 4.78. The van der Waals surface area contributed by atoms with E-state index in [0.717, 1.165) is 27.4 Å². The molecular weight excluding hydrogens is 490 g/mol. The number of rotatable bonds is 5. The molecule has 3 aromatic carbocycles. The molecule has 7 heteroatoms. The van der Waals surface area contributed by atoms with Crippen molar-refractivity contribution in [1.82, 2.24) is 4.90 Å². The number of halogens is 1. The van der Waals surface area contributed by atoms with Crippen molar-refractivity contribution < 1.29 is 19.1 Å². The first-order chi connectivity index (χ1) is 15.4. The van der Waals surface area contributed by atoms with E-state index in [0.29, 0.717) is 21.8 Å². The lowest BCUT2D eigenvalue weighted by Crippen LogP contribution is -2.27. The number of amides is 2. The number of benzene rings is 3. The van der Waals surface area contributed by atoms with E-state index in [1.807, 2.05) is 43.3 Å². The minimum atomic E-state index is -0.461. The average Bonchev–Trinajstić information content (AvgIpc) is 3.03. The van der Waals surface area contributed by atoms with Crippen molar-refractivity contribution in [2.24, 2.45) is 0 Å². The highest BCUT2D eigenvalue weighted by Crippen LogP contribution is 2.33. The molecule has 1 aliphatic rings. The summed E-state index contributed by atoms with van der Waals surface area (Å²) in [6.07, 6.45) is 1.63. The molecule has 0 spiro atoms. The summed E-state index contributed by atoms with van der Waals surface area (Å²) in [5.74, 6) is -0.444. The Balaban J connectivity index is 1.48. The number of esters is 1. The van der Waals surface area contributed by atoms with Crippen LogP contribution in [-0.4, -0.2) is 22.0 Å². The SMILES string of the molecule is Cc1ccc(C(=O)Oc2cccc(/C=C3\SC(=O)N(Cc4ccc(Br)cc4)C3=O)c2)cc1. The van der Waals surface area contributed by atoms with Gasteiger partial charge < -0.3 is 4.74 Å². The molecule has 160 valence electrons. The van der Waals surface area contributed by atoms with E-state index < -0.39 is 5.97 Å². The zero-order valence-corrected chi connectivity index (χ0v) is 19.5. The van der Waals surface area contributed by atoms with Gasteiger partial charge in [-0.1, -0.05) is 57.9 Å². The maximum Gasteiger partial charge on any atom is 0.343 e. The monoisotopic (exact) mass is 507 g/mol. The molecule has 0 aromatic heterocycles. The van der Waals surface area contributed by atoms with E-state index in [2.05, 4.69) is 15.9 Å². The van der Waals surface area contributed by atoms with Gasteiger partial charge in [-0.15, -0.1) is 0 Å². The van der Waals surface area contributed by atoms with E-state index in [-0.39, 0.29) is 17.7 Å². The van der Waals surface area contributed by atoms with Crippen LogP contribution in [0.3, 0.4) is 0 Å².